The van der Waals surface area contributed by atoms with Crippen molar-refractivity contribution in [2.75, 3.05) is 23.9 Å². The number of carboxylic acids is 1. The Kier molecular flexibility index (Phi) is 7.45. The normalized spacial score (nSPS) is 11.5. The van der Waals surface area contributed by atoms with Crippen molar-refractivity contribution in [2.24, 2.45) is 0 Å². The van der Waals surface area contributed by atoms with Gasteiger partial charge in [-0.3, -0.25) is 0 Å². The molecule has 0 radical (unpaired) electrons. The van der Waals surface area contributed by atoms with Gasteiger partial charge in [-0.05, 0) is 49.6 Å². The average molecular weight is 311 g/mol. The maximum atomic E-state index is 11.7. The summed E-state index contributed by atoms with van der Waals surface area (Å²) in [5, 5.41) is 15.9. The van der Waals surface area contributed by atoms with E-state index in [1.165, 1.54) is 11.8 Å². The Morgan fingerprint density at radius 3 is 2.52 bits per heavy atom. The van der Waals surface area contributed by atoms with Crippen molar-refractivity contribution in [3.8, 4) is 5.75 Å². The third-order valence-electron chi connectivity index (χ3n) is 2.62. The molecular weight excluding hydrogens is 292 g/mol. The van der Waals surface area contributed by atoms with Crippen molar-refractivity contribution < 1.29 is 19.4 Å². The minimum Gasteiger partial charge on any atom is -0.548 e. The second-order valence-electron chi connectivity index (χ2n) is 4.21. The molecule has 6 nitrogen and oxygen atoms in total. The van der Waals surface area contributed by atoms with Gasteiger partial charge in [0.15, 0.2) is 0 Å². The van der Waals surface area contributed by atoms with Crippen LogP contribution in [0.3, 0.4) is 0 Å². The third-order valence-corrected chi connectivity index (χ3v) is 3.27. The van der Waals surface area contributed by atoms with E-state index >= 15 is 0 Å². The van der Waals surface area contributed by atoms with Crippen LogP contribution in [0.4, 0.5) is 10.5 Å². The number of aliphatic carboxylic acids is 1. The van der Waals surface area contributed by atoms with E-state index in [-0.39, 0.29) is 0 Å². The van der Waals surface area contributed by atoms with Crippen molar-refractivity contribution in [1.29, 1.82) is 0 Å². The summed E-state index contributed by atoms with van der Waals surface area (Å²) in [5.41, 5.74) is 0.554. The SMILES string of the molecule is CCOc1ccc(NC(=O)N[C@@H](CCSC)C(=O)[O-])cc1. The molecule has 1 aromatic rings. The lowest BCUT2D eigenvalue weighted by Crippen LogP contribution is -2.49. The standard InChI is InChI=1S/C14H20N2O4S/c1-3-20-11-6-4-10(5-7-11)15-14(19)16-12(13(17)18)8-9-21-2/h4-7,12H,3,8-9H2,1-2H3,(H,17,18)(H2,15,16,19)/p-1/t12-/m0/s1. The van der Waals surface area contributed by atoms with Gasteiger partial charge in [-0.15, -0.1) is 0 Å². The molecule has 1 atom stereocenters. The molecule has 0 saturated heterocycles. The summed E-state index contributed by atoms with van der Waals surface area (Å²) >= 11 is 1.51. The molecule has 0 heterocycles. The van der Waals surface area contributed by atoms with E-state index in [0.717, 1.165) is 0 Å². The zero-order valence-corrected chi connectivity index (χ0v) is 12.9. The Morgan fingerprint density at radius 2 is 2.00 bits per heavy atom. The summed E-state index contributed by atoms with van der Waals surface area (Å²) in [6.07, 6.45) is 2.19. The number of urea groups is 1. The van der Waals surface area contributed by atoms with Crippen molar-refractivity contribution in [2.45, 2.75) is 19.4 Å². The molecule has 0 unspecified atom stereocenters. The lowest BCUT2D eigenvalue weighted by molar-refractivity contribution is -0.308. The highest BCUT2D eigenvalue weighted by Crippen LogP contribution is 2.15. The van der Waals surface area contributed by atoms with Gasteiger partial charge in [-0.1, -0.05) is 0 Å². The first-order valence-corrected chi connectivity index (χ1v) is 7.96. The molecule has 0 aliphatic rings. The van der Waals surface area contributed by atoms with Gasteiger partial charge < -0.3 is 25.3 Å². The van der Waals surface area contributed by atoms with Crippen LogP contribution in [-0.2, 0) is 4.79 Å². The number of nitrogens with one attached hydrogen (secondary N) is 2. The molecule has 1 rings (SSSR count). The van der Waals surface area contributed by atoms with Gasteiger partial charge in [0.25, 0.3) is 0 Å². The zero-order chi connectivity index (χ0) is 15.7. The first-order valence-electron chi connectivity index (χ1n) is 6.57. The topological polar surface area (TPSA) is 90.5 Å². The molecule has 21 heavy (non-hydrogen) atoms. The molecule has 2 N–H and O–H groups in total. The van der Waals surface area contributed by atoms with E-state index in [0.29, 0.717) is 30.2 Å². The van der Waals surface area contributed by atoms with E-state index in [9.17, 15) is 14.7 Å². The predicted molar refractivity (Wildman–Crippen MR) is 81.6 cm³/mol. The van der Waals surface area contributed by atoms with Crippen LogP contribution in [0.2, 0.25) is 0 Å². The number of anilines is 1. The van der Waals surface area contributed by atoms with Crippen molar-refractivity contribution in [3.05, 3.63) is 24.3 Å². The van der Waals surface area contributed by atoms with Gasteiger partial charge in [0, 0.05) is 5.69 Å². The van der Waals surface area contributed by atoms with Crippen LogP contribution in [0.1, 0.15) is 13.3 Å². The Bertz CT molecular complexity index is 465. The molecule has 0 saturated carbocycles. The lowest BCUT2D eigenvalue weighted by Gasteiger charge is -2.19. The molecule has 0 fully saturated rings. The number of hydrogen-bond donors (Lipinski definition) is 2. The number of hydrogen-bond acceptors (Lipinski definition) is 5. The average Bonchev–Trinajstić information content (AvgIpc) is 2.45. The number of amides is 2. The van der Waals surface area contributed by atoms with E-state index in [4.69, 9.17) is 4.74 Å². The summed E-state index contributed by atoms with van der Waals surface area (Å²) in [5.74, 6) is 0.0454. The van der Waals surface area contributed by atoms with Gasteiger partial charge in [0.2, 0.25) is 0 Å². The fraction of sp³-hybridized carbons (Fsp3) is 0.429. The van der Waals surface area contributed by atoms with E-state index < -0.39 is 18.0 Å². The van der Waals surface area contributed by atoms with Crippen molar-refractivity contribution >= 4 is 29.4 Å². The van der Waals surface area contributed by atoms with Gasteiger partial charge in [-0.25, -0.2) is 4.79 Å². The number of benzene rings is 1. The molecule has 2 amide bonds. The Labute approximate surface area is 128 Å². The molecule has 1 aromatic carbocycles. The largest absolute Gasteiger partial charge is 0.548 e. The maximum Gasteiger partial charge on any atom is 0.319 e. The molecule has 7 heteroatoms. The van der Waals surface area contributed by atoms with Crippen molar-refractivity contribution in [1.82, 2.24) is 5.32 Å². The van der Waals surface area contributed by atoms with Crippen LogP contribution in [-0.4, -0.2) is 36.7 Å². The van der Waals surface area contributed by atoms with Crippen LogP contribution >= 0.6 is 11.8 Å². The molecular formula is C14H19N2O4S-. The molecule has 0 aromatic heterocycles. The quantitative estimate of drug-likeness (QED) is 0.749. The predicted octanol–water partition coefficient (Wildman–Crippen LogP) is 1.08. The highest BCUT2D eigenvalue weighted by Gasteiger charge is 2.13. The number of ether oxygens (including phenoxy) is 1. The van der Waals surface area contributed by atoms with Crippen LogP contribution in [0, 0.1) is 0 Å². The monoisotopic (exact) mass is 311 g/mol. The highest BCUT2D eigenvalue weighted by molar-refractivity contribution is 7.98. The fourth-order valence-electron chi connectivity index (χ4n) is 1.61. The van der Waals surface area contributed by atoms with Crippen molar-refractivity contribution in [3.63, 3.8) is 0 Å². The van der Waals surface area contributed by atoms with Crippen LogP contribution in [0.25, 0.3) is 0 Å². The maximum absolute atomic E-state index is 11.7. The summed E-state index contributed by atoms with van der Waals surface area (Å²) in [6, 6.07) is 5.24. The molecule has 116 valence electrons. The number of carbonyl (C=O) groups excluding carboxylic acids is 2. The van der Waals surface area contributed by atoms with E-state index in [1.54, 1.807) is 24.3 Å². The smallest absolute Gasteiger partial charge is 0.319 e. The molecule has 0 bridgehead atoms. The summed E-state index contributed by atoms with van der Waals surface area (Å²) in [4.78, 5) is 22.7. The highest BCUT2D eigenvalue weighted by atomic mass is 32.2. The second kappa shape index (κ2) is 9.12. The van der Waals surface area contributed by atoms with Crippen LogP contribution in [0.5, 0.6) is 5.75 Å². The van der Waals surface area contributed by atoms with E-state index in [1.807, 2.05) is 13.2 Å². The first kappa shape index (κ1) is 17.2. The Morgan fingerprint density at radius 1 is 1.33 bits per heavy atom. The molecule has 0 spiro atoms. The second-order valence-corrected chi connectivity index (χ2v) is 5.19. The zero-order valence-electron chi connectivity index (χ0n) is 12.0. The minimum absolute atomic E-state index is 0.320. The fourth-order valence-corrected chi connectivity index (χ4v) is 2.08. The Balaban J connectivity index is 2.52. The third kappa shape index (κ3) is 6.40. The summed E-state index contributed by atoms with van der Waals surface area (Å²) < 4.78 is 5.29. The Hall–Kier alpha value is -1.89. The number of thioether (sulfide) groups is 1. The minimum atomic E-state index is -1.29. The van der Waals surface area contributed by atoms with Gasteiger partial charge in [0.1, 0.15) is 5.75 Å². The number of carbonyl (C=O) groups is 2. The summed E-state index contributed by atoms with van der Waals surface area (Å²) in [6.45, 7) is 2.45. The van der Waals surface area contributed by atoms with Gasteiger partial charge in [0.05, 0.1) is 18.6 Å². The van der Waals surface area contributed by atoms with Crippen LogP contribution in [0.15, 0.2) is 24.3 Å². The first-order chi connectivity index (χ1) is 10.1. The van der Waals surface area contributed by atoms with Crippen LogP contribution < -0.4 is 20.5 Å². The molecule has 0 aliphatic carbocycles. The number of carboxylic acid groups (broad SMARTS) is 1. The van der Waals surface area contributed by atoms with E-state index in [2.05, 4.69) is 10.6 Å². The van der Waals surface area contributed by atoms with Gasteiger partial charge >= 0.3 is 6.03 Å². The molecule has 0 aliphatic heterocycles. The lowest BCUT2D eigenvalue weighted by atomic mass is 10.2. The van der Waals surface area contributed by atoms with Gasteiger partial charge in [-0.2, -0.15) is 11.8 Å². The number of rotatable bonds is 8. The summed E-state index contributed by atoms with van der Waals surface area (Å²) in [7, 11) is 0.